The summed E-state index contributed by atoms with van der Waals surface area (Å²) in [6.45, 7) is 11.7. The van der Waals surface area contributed by atoms with Gasteiger partial charge in [0, 0.05) is 25.7 Å². The van der Waals surface area contributed by atoms with E-state index in [1.54, 1.807) is 0 Å². The second-order valence-electron chi connectivity index (χ2n) is 28.5. The lowest BCUT2D eigenvalue weighted by Gasteiger charge is -2.21. The minimum atomic E-state index is -4.96. The van der Waals surface area contributed by atoms with Gasteiger partial charge in [0.05, 0.1) is 26.4 Å². The van der Waals surface area contributed by atoms with Gasteiger partial charge in [-0.15, -0.1) is 0 Å². The number of hydrogen-bond donors (Lipinski definition) is 3. The van der Waals surface area contributed by atoms with Gasteiger partial charge in [-0.2, -0.15) is 0 Å². The van der Waals surface area contributed by atoms with Gasteiger partial charge in [0.2, 0.25) is 0 Å². The predicted molar refractivity (Wildman–Crippen MR) is 390 cm³/mol. The summed E-state index contributed by atoms with van der Waals surface area (Å²) in [7, 11) is -9.92. The van der Waals surface area contributed by atoms with Crippen LogP contribution in [0.4, 0.5) is 0 Å². The minimum Gasteiger partial charge on any atom is -0.462 e. The van der Waals surface area contributed by atoms with E-state index in [1.165, 1.54) is 161 Å². The first-order valence-electron chi connectivity index (χ1n) is 39.2. The smallest absolute Gasteiger partial charge is 0.462 e. The number of ether oxygens (including phenoxy) is 4. The molecule has 0 aromatic rings. The number of phosphoric acid groups is 2. The van der Waals surface area contributed by atoms with E-state index in [0.717, 1.165) is 115 Å². The van der Waals surface area contributed by atoms with E-state index in [9.17, 15) is 43.2 Å². The van der Waals surface area contributed by atoms with Crippen molar-refractivity contribution in [3.63, 3.8) is 0 Å². The molecular weight excluding hydrogens is 1260 g/mol. The molecule has 96 heavy (non-hydrogen) atoms. The Balaban J connectivity index is 5.18. The molecular formula is C77H146O17P2. The monoisotopic (exact) mass is 1410 g/mol. The Morgan fingerprint density at radius 3 is 0.844 bits per heavy atom. The molecule has 0 aliphatic heterocycles. The van der Waals surface area contributed by atoms with E-state index in [1.807, 2.05) is 0 Å². The zero-order valence-corrected chi connectivity index (χ0v) is 64.1. The highest BCUT2D eigenvalue weighted by atomic mass is 31.2. The second kappa shape index (κ2) is 67.1. The van der Waals surface area contributed by atoms with E-state index in [0.29, 0.717) is 37.5 Å². The average Bonchev–Trinajstić information content (AvgIpc) is 1.36. The number of carbonyl (C=O) groups is 4. The molecule has 0 fully saturated rings. The zero-order chi connectivity index (χ0) is 70.9. The van der Waals surface area contributed by atoms with Crippen LogP contribution in [-0.4, -0.2) is 96.7 Å². The molecule has 0 heterocycles. The Bertz CT molecular complexity index is 1960. The number of esters is 4. The summed E-state index contributed by atoms with van der Waals surface area (Å²) in [6, 6.07) is 0. The van der Waals surface area contributed by atoms with Crippen LogP contribution < -0.4 is 0 Å². The van der Waals surface area contributed by atoms with Crippen LogP contribution in [0, 0.1) is 17.8 Å². The molecule has 0 saturated carbocycles. The van der Waals surface area contributed by atoms with Gasteiger partial charge in [-0.05, 0) is 69.1 Å². The quantitative estimate of drug-likeness (QED) is 0.0169. The summed E-state index contributed by atoms with van der Waals surface area (Å²) in [6.07, 6.45) is 56.7. The van der Waals surface area contributed by atoms with E-state index >= 15 is 0 Å². The number of hydrogen-bond acceptors (Lipinski definition) is 15. The highest BCUT2D eigenvalue weighted by molar-refractivity contribution is 7.47. The van der Waals surface area contributed by atoms with Crippen LogP contribution in [0.15, 0.2) is 24.3 Å². The molecule has 0 spiro atoms. The average molecular weight is 1410 g/mol. The Hall–Kier alpha value is -2.46. The molecule has 19 heteroatoms. The van der Waals surface area contributed by atoms with Crippen LogP contribution in [0.25, 0.3) is 0 Å². The molecule has 0 bridgehead atoms. The van der Waals surface area contributed by atoms with Crippen molar-refractivity contribution < 1.29 is 80.2 Å². The normalized spacial score (nSPS) is 14.2. The maximum absolute atomic E-state index is 13.1. The van der Waals surface area contributed by atoms with Crippen LogP contribution in [0.1, 0.15) is 370 Å². The number of phosphoric ester groups is 2. The number of allylic oxidation sites excluding steroid dienone is 4. The lowest BCUT2D eigenvalue weighted by Crippen LogP contribution is -2.30. The van der Waals surface area contributed by atoms with Crippen molar-refractivity contribution in [1.82, 2.24) is 0 Å². The summed E-state index contributed by atoms with van der Waals surface area (Å²) in [5.41, 5.74) is 0. The Labute approximate surface area is 586 Å². The summed E-state index contributed by atoms with van der Waals surface area (Å²) >= 11 is 0. The first kappa shape index (κ1) is 93.5. The van der Waals surface area contributed by atoms with E-state index in [2.05, 4.69) is 72.8 Å². The van der Waals surface area contributed by atoms with Crippen molar-refractivity contribution in [3.05, 3.63) is 24.3 Å². The molecule has 0 amide bonds. The molecule has 3 N–H and O–H groups in total. The lowest BCUT2D eigenvalue weighted by atomic mass is 10.0. The molecule has 17 nitrogen and oxygen atoms in total. The SMILES string of the molecule is CCCCCC/C=C\C=C/CCCCCCCC(=O)O[C@H](COC(=O)CCCCCCCCC(C)C)COP(=O)(O)OC[C@H](O)COP(=O)(O)OC[C@@H](COC(=O)CCCCCCCCCCCCCCCCCCCCC(C)C)OC(=O)CCCCCCCCCCC(C)C. The fourth-order valence-electron chi connectivity index (χ4n) is 11.2. The molecule has 0 aromatic heterocycles. The number of unbranched alkanes of at least 4 members (excludes halogenated alkanes) is 38. The van der Waals surface area contributed by atoms with Crippen LogP contribution in [-0.2, 0) is 65.4 Å². The number of aliphatic hydroxyl groups is 1. The van der Waals surface area contributed by atoms with Crippen molar-refractivity contribution >= 4 is 39.5 Å². The first-order valence-corrected chi connectivity index (χ1v) is 42.2. The topological polar surface area (TPSA) is 237 Å². The lowest BCUT2D eigenvalue weighted by molar-refractivity contribution is -0.161. The Morgan fingerprint density at radius 2 is 0.562 bits per heavy atom. The number of rotatable bonds is 73. The molecule has 566 valence electrons. The highest BCUT2D eigenvalue weighted by Crippen LogP contribution is 2.45. The fraction of sp³-hybridized carbons (Fsp3) is 0.896. The van der Waals surface area contributed by atoms with Gasteiger partial charge in [0.25, 0.3) is 0 Å². The minimum absolute atomic E-state index is 0.0836. The van der Waals surface area contributed by atoms with E-state index < -0.39 is 97.5 Å². The fourth-order valence-corrected chi connectivity index (χ4v) is 12.8. The van der Waals surface area contributed by atoms with Gasteiger partial charge in [-0.25, -0.2) is 9.13 Å². The summed E-state index contributed by atoms with van der Waals surface area (Å²) < 4.78 is 68.4. The third-order valence-corrected chi connectivity index (χ3v) is 19.2. The standard InChI is InChI=1S/C77H146O17P2/c1-8-9-10-11-12-13-14-15-20-25-28-31-37-46-53-60-76(81)93-73(65-88-75(80)59-52-45-40-39-43-50-57-70(6)7)67-92-96(85,86)90-63-71(78)62-89-95(83,84)91-66-72(94-77(82)61-54-47-38-33-32-35-42-49-56-69(4)5)64-87-74(79)58-51-44-36-30-27-24-22-19-17-16-18-21-23-26-29-34-41-48-55-68(2)3/h13-15,20,68-73,78H,8-12,16-19,21-67H2,1-7H3,(H,83,84)(H,85,86)/b14-13-,20-15-/t71-,72-,73-/m1/s1. The van der Waals surface area contributed by atoms with E-state index in [-0.39, 0.29) is 25.7 Å². The van der Waals surface area contributed by atoms with Crippen molar-refractivity contribution in [2.75, 3.05) is 39.6 Å². The molecule has 0 saturated heterocycles. The maximum Gasteiger partial charge on any atom is 0.472 e. The molecule has 0 rings (SSSR count). The molecule has 5 atom stereocenters. The van der Waals surface area contributed by atoms with Gasteiger partial charge in [-0.1, -0.05) is 317 Å². The van der Waals surface area contributed by atoms with Crippen molar-refractivity contribution in [2.24, 2.45) is 17.8 Å². The van der Waals surface area contributed by atoms with Crippen LogP contribution >= 0.6 is 15.6 Å². The van der Waals surface area contributed by atoms with Gasteiger partial charge in [-0.3, -0.25) is 37.3 Å². The number of aliphatic hydroxyl groups excluding tert-OH is 1. The van der Waals surface area contributed by atoms with Crippen LogP contribution in [0.3, 0.4) is 0 Å². The zero-order valence-electron chi connectivity index (χ0n) is 62.3. The predicted octanol–water partition coefficient (Wildman–Crippen LogP) is 22.1. The van der Waals surface area contributed by atoms with Gasteiger partial charge >= 0.3 is 39.5 Å². The van der Waals surface area contributed by atoms with Crippen molar-refractivity contribution in [2.45, 2.75) is 388 Å². The Morgan fingerprint density at radius 1 is 0.323 bits per heavy atom. The molecule has 0 radical (unpaired) electrons. The van der Waals surface area contributed by atoms with Gasteiger partial charge in [0.1, 0.15) is 19.3 Å². The molecule has 2 unspecified atom stereocenters. The first-order chi connectivity index (χ1) is 46.2. The molecule has 0 aromatic carbocycles. The van der Waals surface area contributed by atoms with Gasteiger partial charge < -0.3 is 33.8 Å². The summed E-state index contributed by atoms with van der Waals surface area (Å²) in [4.78, 5) is 72.7. The Kier molecular flexibility index (Phi) is 65.3. The van der Waals surface area contributed by atoms with E-state index in [4.69, 9.17) is 37.0 Å². The highest BCUT2D eigenvalue weighted by Gasteiger charge is 2.30. The van der Waals surface area contributed by atoms with Crippen molar-refractivity contribution in [1.29, 1.82) is 0 Å². The maximum atomic E-state index is 13.1. The summed E-state index contributed by atoms with van der Waals surface area (Å²) in [5.74, 6) is 0.0619. The largest absolute Gasteiger partial charge is 0.472 e. The van der Waals surface area contributed by atoms with Crippen molar-refractivity contribution in [3.8, 4) is 0 Å². The van der Waals surface area contributed by atoms with Crippen LogP contribution in [0.5, 0.6) is 0 Å². The second-order valence-corrected chi connectivity index (χ2v) is 31.4. The van der Waals surface area contributed by atoms with Gasteiger partial charge in [0.15, 0.2) is 12.2 Å². The molecule has 0 aliphatic rings. The third kappa shape index (κ3) is 70.0. The van der Waals surface area contributed by atoms with Crippen LogP contribution in [0.2, 0.25) is 0 Å². The summed E-state index contributed by atoms with van der Waals surface area (Å²) in [5, 5.41) is 10.6. The number of carbonyl (C=O) groups excluding carboxylic acids is 4. The molecule has 0 aliphatic carbocycles. The third-order valence-electron chi connectivity index (χ3n) is 17.3.